The maximum atomic E-state index is 9.04. The maximum Gasteiger partial charge on any atom is 0.488 e. The Bertz CT molecular complexity index is 514. The van der Waals surface area contributed by atoms with Crippen molar-refractivity contribution in [2.45, 2.75) is 6.42 Å². The van der Waals surface area contributed by atoms with Crippen LogP contribution in [0.1, 0.15) is 5.56 Å². The van der Waals surface area contributed by atoms with Crippen molar-refractivity contribution in [1.82, 2.24) is 9.78 Å². The van der Waals surface area contributed by atoms with Crippen LogP contribution in [0.4, 0.5) is 0 Å². The summed E-state index contributed by atoms with van der Waals surface area (Å²) in [6.07, 6.45) is 4.51. The van der Waals surface area contributed by atoms with E-state index >= 15 is 0 Å². The molecular formula is C12H15BN2O3. The molecule has 2 aromatic rings. The van der Waals surface area contributed by atoms with Crippen molar-refractivity contribution in [3.05, 3.63) is 42.2 Å². The fraction of sp³-hybridized carbons (Fsp3) is 0.250. The average molecular weight is 246 g/mol. The molecule has 0 aliphatic rings. The Balaban J connectivity index is 1.88. The van der Waals surface area contributed by atoms with Gasteiger partial charge >= 0.3 is 7.12 Å². The largest absolute Gasteiger partial charge is 0.493 e. The minimum absolute atomic E-state index is 0.425. The molecule has 2 N–H and O–H groups in total. The molecule has 1 aromatic heterocycles. The molecule has 0 saturated heterocycles. The van der Waals surface area contributed by atoms with E-state index in [1.807, 2.05) is 13.2 Å². The van der Waals surface area contributed by atoms with Gasteiger partial charge in [-0.25, -0.2) is 0 Å². The minimum atomic E-state index is -1.47. The number of hydrogen-bond acceptors (Lipinski definition) is 4. The summed E-state index contributed by atoms with van der Waals surface area (Å²) in [5.41, 5.74) is 1.53. The first-order valence-electron chi connectivity index (χ1n) is 5.71. The zero-order valence-electron chi connectivity index (χ0n) is 10.2. The van der Waals surface area contributed by atoms with Crippen molar-refractivity contribution in [2.75, 3.05) is 6.61 Å². The van der Waals surface area contributed by atoms with Crippen LogP contribution in [0.5, 0.6) is 5.75 Å². The first kappa shape index (κ1) is 12.7. The molecule has 0 amide bonds. The van der Waals surface area contributed by atoms with Crippen molar-refractivity contribution < 1.29 is 14.8 Å². The first-order chi connectivity index (χ1) is 8.65. The lowest BCUT2D eigenvalue weighted by Gasteiger charge is -2.07. The van der Waals surface area contributed by atoms with E-state index in [1.54, 1.807) is 35.1 Å². The van der Waals surface area contributed by atoms with Crippen LogP contribution < -0.4 is 10.2 Å². The molecule has 0 bridgehead atoms. The Kier molecular flexibility index (Phi) is 4.01. The molecule has 0 fully saturated rings. The van der Waals surface area contributed by atoms with Gasteiger partial charge in [-0.2, -0.15) is 5.10 Å². The van der Waals surface area contributed by atoms with Crippen molar-refractivity contribution in [3.8, 4) is 5.75 Å². The van der Waals surface area contributed by atoms with Crippen molar-refractivity contribution in [2.24, 2.45) is 7.05 Å². The van der Waals surface area contributed by atoms with E-state index in [2.05, 4.69) is 5.10 Å². The van der Waals surface area contributed by atoms with Crippen molar-refractivity contribution in [1.29, 1.82) is 0 Å². The molecule has 1 aromatic carbocycles. The van der Waals surface area contributed by atoms with Crippen LogP contribution in [-0.4, -0.2) is 33.6 Å². The number of rotatable bonds is 5. The normalized spacial score (nSPS) is 10.4. The van der Waals surface area contributed by atoms with Gasteiger partial charge in [-0.15, -0.1) is 0 Å². The van der Waals surface area contributed by atoms with Crippen LogP contribution in [-0.2, 0) is 13.5 Å². The first-order valence-corrected chi connectivity index (χ1v) is 5.71. The average Bonchev–Trinajstić information content (AvgIpc) is 2.75. The van der Waals surface area contributed by atoms with Gasteiger partial charge in [0, 0.05) is 19.7 Å². The van der Waals surface area contributed by atoms with E-state index in [1.165, 1.54) is 0 Å². The third kappa shape index (κ3) is 3.35. The summed E-state index contributed by atoms with van der Waals surface area (Å²) >= 11 is 0. The highest BCUT2D eigenvalue weighted by atomic mass is 16.5. The summed E-state index contributed by atoms with van der Waals surface area (Å²) in [4.78, 5) is 0. The molecule has 0 unspecified atom stereocenters. The summed E-state index contributed by atoms with van der Waals surface area (Å²) in [5.74, 6) is 0.629. The van der Waals surface area contributed by atoms with E-state index in [0.29, 0.717) is 17.8 Å². The second-order valence-corrected chi connectivity index (χ2v) is 4.07. The van der Waals surface area contributed by atoms with Gasteiger partial charge in [0.05, 0.1) is 12.8 Å². The number of aromatic nitrogens is 2. The van der Waals surface area contributed by atoms with Gasteiger partial charge in [0.25, 0.3) is 0 Å². The molecule has 0 spiro atoms. The molecule has 2 rings (SSSR count). The molecule has 0 aliphatic heterocycles. The zero-order valence-corrected chi connectivity index (χ0v) is 10.2. The second kappa shape index (κ2) is 5.70. The fourth-order valence-electron chi connectivity index (χ4n) is 1.65. The standard InChI is InChI=1S/C12H15BN2O3/c1-15-9-10(8-14-15)5-6-18-12-4-2-3-11(7-12)13(16)17/h2-4,7-9,16-17H,5-6H2,1H3. The molecule has 0 radical (unpaired) electrons. The molecule has 0 atom stereocenters. The molecule has 94 valence electrons. The Morgan fingerprint density at radius 2 is 2.22 bits per heavy atom. The van der Waals surface area contributed by atoms with Crippen LogP contribution in [0, 0.1) is 0 Å². The monoisotopic (exact) mass is 246 g/mol. The SMILES string of the molecule is Cn1cc(CCOc2cccc(B(O)O)c2)cn1. The van der Waals surface area contributed by atoms with Crippen LogP contribution in [0.2, 0.25) is 0 Å². The lowest BCUT2D eigenvalue weighted by Crippen LogP contribution is -2.29. The number of hydrogen-bond donors (Lipinski definition) is 2. The van der Waals surface area contributed by atoms with Gasteiger partial charge in [-0.3, -0.25) is 4.68 Å². The van der Waals surface area contributed by atoms with E-state index in [9.17, 15) is 0 Å². The van der Waals surface area contributed by atoms with Crippen molar-refractivity contribution >= 4 is 12.6 Å². The highest BCUT2D eigenvalue weighted by Gasteiger charge is 2.10. The van der Waals surface area contributed by atoms with E-state index in [4.69, 9.17) is 14.8 Å². The summed E-state index contributed by atoms with van der Waals surface area (Å²) in [6.45, 7) is 0.524. The Labute approximate surface area is 106 Å². The molecule has 5 nitrogen and oxygen atoms in total. The predicted octanol–water partition coefficient (Wildman–Crippen LogP) is -0.279. The van der Waals surface area contributed by atoms with Gasteiger partial charge in [0.2, 0.25) is 0 Å². The summed E-state index contributed by atoms with van der Waals surface area (Å²) in [6, 6.07) is 6.77. The quantitative estimate of drug-likeness (QED) is 0.712. The lowest BCUT2D eigenvalue weighted by atomic mass is 9.80. The van der Waals surface area contributed by atoms with Gasteiger partial charge in [-0.05, 0) is 23.2 Å². The molecular weight excluding hydrogens is 231 g/mol. The summed E-state index contributed by atoms with van der Waals surface area (Å²) < 4.78 is 7.30. The number of nitrogens with zero attached hydrogens (tertiary/aromatic N) is 2. The van der Waals surface area contributed by atoms with Crippen molar-refractivity contribution in [3.63, 3.8) is 0 Å². The van der Waals surface area contributed by atoms with Crippen LogP contribution >= 0.6 is 0 Å². The topological polar surface area (TPSA) is 67.5 Å². The maximum absolute atomic E-state index is 9.04. The van der Waals surface area contributed by atoms with Crippen LogP contribution in [0.25, 0.3) is 0 Å². The Morgan fingerprint density at radius 1 is 1.39 bits per heavy atom. The summed E-state index contributed by atoms with van der Waals surface area (Å²) in [5, 5.41) is 22.2. The lowest BCUT2D eigenvalue weighted by molar-refractivity contribution is 0.322. The van der Waals surface area contributed by atoms with Crippen LogP contribution in [0.3, 0.4) is 0 Å². The number of ether oxygens (including phenoxy) is 1. The van der Waals surface area contributed by atoms with E-state index in [-0.39, 0.29) is 0 Å². The molecule has 0 saturated carbocycles. The smallest absolute Gasteiger partial charge is 0.488 e. The number of aryl methyl sites for hydroxylation is 1. The van der Waals surface area contributed by atoms with Gasteiger partial charge in [0.1, 0.15) is 5.75 Å². The molecule has 0 aliphatic carbocycles. The fourth-order valence-corrected chi connectivity index (χ4v) is 1.65. The van der Waals surface area contributed by atoms with Crippen LogP contribution in [0.15, 0.2) is 36.7 Å². The van der Waals surface area contributed by atoms with Gasteiger partial charge < -0.3 is 14.8 Å². The highest BCUT2D eigenvalue weighted by molar-refractivity contribution is 6.58. The number of benzene rings is 1. The van der Waals surface area contributed by atoms with Gasteiger partial charge in [-0.1, -0.05) is 12.1 Å². The summed E-state index contributed by atoms with van der Waals surface area (Å²) in [7, 11) is 0.406. The minimum Gasteiger partial charge on any atom is -0.493 e. The van der Waals surface area contributed by atoms with E-state index in [0.717, 1.165) is 12.0 Å². The Morgan fingerprint density at radius 3 is 2.89 bits per heavy atom. The highest BCUT2D eigenvalue weighted by Crippen LogP contribution is 2.08. The zero-order chi connectivity index (χ0) is 13.0. The second-order valence-electron chi connectivity index (χ2n) is 4.07. The molecule has 1 heterocycles. The molecule has 6 heteroatoms. The van der Waals surface area contributed by atoms with Gasteiger partial charge in [0.15, 0.2) is 0 Å². The Hall–Kier alpha value is -1.79. The third-order valence-electron chi connectivity index (χ3n) is 2.57. The predicted molar refractivity (Wildman–Crippen MR) is 68.7 cm³/mol. The van der Waals surface area contributed by atoms with E-state index < -0.39 is 7.12 Å². The third-order valence-corrected chi connectivity index (χ3v) is 2.57. The molecule has 18 heavy (non-hydrogen) atoms.